The Morgan fingerprint density at radius 3 is 2.08 bits per heavy atom. The maximum atomic E-state index is 2.27. The van der Waals surface area contributed by atoms with Crippen LogP contribution in [0.2, 0.25) is 0 Å². The third kappa shape index (κ3) is 1.10. The Bertz CT molecular complexity index is 275. The third-order valence-corrected chi connectivity index (χ3v) is 3.98. The van der Waals surface area contributed by atoms with Gasteiger partial charge in [0.15, 0.2) is 0 Å². The van der Waals surface area contributed by atoms with Gasteiger partial charge in [-0.3, -0.25) is 0 Å². The standard InChI is InChI=1S/C10H15NS/c1-4-11-5-9-7(2)12-8(3)10(9)6-11/h4-6H2,1-3H3/p+1. The van der Waals surface area contributed by atoms with E-state index in [0.717, 1.165) is 0 Å². The summed E-state index contributed by atoms with van der Waals surface area (Å²) in [4.78, 5) is 4.82. The van der Waals surface area contributed by atoms with Crippen LogP contribution >= 0.6 is 11.3 Å². The van der Waals surface area contributed by atoms with E-state index < -0.39 is 0 Å². The highest BCUT2D eigenvalue weighted by Gasteiger charge is 2.26. The van der Waals surface area contributed by atoms with Gasteiger partial charge in [-0.1, -0.05) is 0 Å². The largest absolute Gasteiger partial charge is 0.328 e. The summed E-state index contributed by atoms with van der Waals surface area (Å²) in [7, 11) is 0. The number of aryl methyl sites for hydroxylation is 2. The van der Waals surface area contributed by atoms with Crippen molar-refractivity contribution < 1.29 is 4.90 Å². The number of hydrogen-bond donors (Lipinski definition) is 1. The zero-order valence-electron chi connectivity index (χ0n) is 8.03. The van der Waals surface area contributed by atoms with E-state index in [1.807, 2.05) is 11.3 Å². The molecule has 0 bridgehead atoms. The molecule has 0 unspecified atom stereocenters. The van der Waals surface area contributed by atoms with E-state index in [9.17, 15) is 0 Å². The molecule has 66 valence electrons. The monoisotopic (exact) mass is 182 g/mol. The molecule has 0 fully saturated rings. The second-order valence-electron chi connectivity index (χ2n) is 3.63. The predicted octanol–water partition coefficient (Wildman–Crippen LogP) is 1.28. The molecule has 0 spiro atoms. The summed E-state index contributed by atoms with van der Waals surface area (Å²) in [6.07, 6.45) is 0. The van der Waals surface area contributed by atoms with Crippen LogP contribution in [0.25, 0.3) is 0 Å². The van der Waals surface area contributed by atoms with Crippen LogP contribution < -0.4 is 4.90 Å². The zero-order chi connectivity index (χ0) is 8.72. The molecular formula is C10H16NS+. The van der Waals surface area contributed by atoms with Gasteiger partial charge < -0.3 is 4.90 Å². The second kappa shape index (κ2) is 2.86. The molecule has 1 aliphatic heterocycles. The average molecular weight is 182 g/mol. The minimum absolute atomic E-state index is 1.26. The molecule has 1 aromatic rings. The van der Waals surface area contributed by atoms with Gasteiger partial charge in [0, 0.05) is 20.9 Å². The van der Waals surface area contributed by atoms with Gasteiger partial charge >= 0.3 is 0 Å². The van der Waals surface area contributed by atoms with Gasteiger partial charge in [0.2, 0.25) is 0 Å². The summed E-state index contributed by atoms with van der Waals surface area (Å²) in [5, 5.41) is 0. The lowest BCUT2D eigenvalue weighted by molar-refractivity contribution is -0.918. The summed E-state index contributed by atoms with van der Waals surface area (Å²) >= 11 is 1.97. The molecule has 1 nitrogen and oxygen atoms in total. The van der Waals surface area contributed by atoms with E-state index in [1.165, 1.54) is 19.6 Å². The van der Waals surface area contributed by atoms with Gasteiger partial charge in [0.25, 0.3) is 0 Å². The number of nitrogens with one attached hydrogen (secondary N) is 1. The van der Waals surface area contributed by atoms with Crippen LogP contribution in [-0.2, 0) is 13.1 Å². The molecule has 1 aromatic heterocycles. The predicted molar refractivity (Wildman–Crippen MR) is 52.7 cm³/mol. The summed E-state index contributed by atoms with van der Waals surface area (Å²) < 4.78 is 0. The molecule has 0 saturated heterocycles. The van der Waals surface area contributed by atoms with Crippen molar-refractivity contribution in [3.05, 3.63) is 20.9 Å². The Morgan fingerprint density at radius 2 is 1.67 bits per heavy atom. The molecule has 2 heteroatoms. The number of rotatable bonds is 1. The minimum atomic E-state index is 1.26. The first kappa shape index (κ1) is 8.27. The molecule has 2 heterocycles. The quantitative estimate of drug-likeness (QED) is 0.667. The lowest BCUT2D eigenvalue weighted by Crippen LogP contribution is -3.07. The molecule has 1 N–H and O–H groups in total. The van der Waals surface area contributed by atoms with E-state index in [2.05, 4.69) is 20.8 Å². The van der Waals surface area contributed by atoms with Gasteiger partial charge in [0.1, 0.15) is 13.1 Å². The first-order valence-electron chi connectivity index (χ1n) is 4.63. The third-order valence-electron chi connectivity index (χ3n) is 2.87. The summed E-state index contributed by atoms with van der Waals surface area (Å²) in [5.74, 6) is 0. The van der Waals surface area contributed by atoms with Crippen molar-refractivity contribution in [1.82, 2.24) is 0 Å². The van der Waals surface area contributed by atoms with Crippen molar-refractivity contribution in [1.29, 1.82) is 0 Å². The molecule has 1 aliphatic rings. The first-order chi connectivity index (χ1) is 5.72. The van der Waals surface area contributed by atoms with Crippen molar-refractivity contribution in [3.63, 3.8) is 0 Å². The highest BCUT2D eigenvalue weighted by molar-refractivity contribution is 7.12. The van der Waals surface area contributed by atoms with Crippen molar-refractivity contribution in [3.8, 4) is 0 Å². The number of quaternary nitrogens is 1. The highest BCUT2D eigenvalue weighted by Crippen LogP contribution is 2.28. The Labute approximate surface area is 78.0 Å². The molecule has 0 aliphatic carbocycles. The number of thiophene rings is 1. The van der Waals surface area contributed by atoms with Gasteiger partial charge in [-0.05, 0) is 20.8 Å². The molecule has 0 aromatic carbocycles. The molecule has 0 radical (unpaired) electrons. The second-order valence-corrected chi connectivity index (χ2v) is 5.06. The first-order valence-corrected chi connectivity index (χ1v) is 5.45. The van der Waals surface area contributed by atoms with Crippen LogP contribution in [0.4, 0.5) is 0 Å². The van der Waals surface area contributed by atoms with Crippen LogP contribution in [0.3, 0.4) is 0 Å². The molecule has 2 rings (SSSR count). The minimum Gasteiger partial charge on any atom is -0.328 e. The maximum absolute atomic E-state index is 2.27. The molecule has 12 heavy (non-hydrogen) atoms. The molecule has 0 atom stereocenters. The topological polar surface area (TPSA) is 4.44 Å². The van der Waals surface area contributed by atoms with E-state index in [4.69, 9.17) is 0 Å². The van der Waals surface area contributed by atoms with Crippen molar-refractivity contribution in [2.75, 3.05) is 6.54 Å². The SMILES string of the molecule is CC[NH+]1Cc2c(C)sc(C)c2C1. The lowest BCUT2D eigenvalue weighted by atomic mass is 10.2. The van der Waals surface area contributed by atoms with Crippen LogP contribution in [0.5, 0.6) is 0 Å². The Balaban J connectivity index is 2.36. The highest BCUT2D eigenvalue weighted by atomic mass is 32.1. The molecular weight excluding hydrogens is 166 g/mol. The Kier molecular flexibility index (Phi) is 1.97. The van der Waals surface area contributed by atoms with E-state index in [1.54, 1.807) is 25.8 Å². The van der Waals surface area contributed by atoms with Crippen molar-refractivity contribution in [2.45, 2.75) is 33.9 Å². The summed E-state index contributed by atoms with van der Waals surface area (Å²) in [6.45, 7) is 10.6. The van der Waals surface area contributed by atoms with Gasteiger partial charge in [-0.25, -0.2) is 0 Å². The average Bonchev–Trinajstić information content (AvgIpc) is 2.55. The van der Waals surface area contributed by atoms with Crippen molar-refractivity contribution >= 4 is 11.3 Å². The van der Waals surface area contributed by atoms with E-state index in [-0.39, 0.29) is 0 Å². The van der Waals surface area contributed by atoms with Gasteiger partial charge in [-0.15, -0.1) is 11.3 Å². The molecule has 0 amide bonds. The number of fused-ring (bicyclic) bond motifs is 1. The van der Waals surface area contributed by atoms with Crippen LogP contribution in [0.15, 0.2) is 0 Å². The maximum Gasteiger partial charge on any atom is 0.105 e. The summed E-state index contributed by atoms with van der Waals surface area (Å²) in [5.41, 5.74) is 3.30. The van der Waals surface area contributed by atoms with E-state index >= 15 is 0 Å². The van der Waals surface area contributed by atoms with Gasteiger partial charge in [0.05, 0.1) is 6.54 Å². The smallest absolute Gasteiger partial charge is 0.105 e. The Hall–Kier alpha value is -0.340. The van der Waals surface area contributed by atoms with Crippen molar-refractivity contribution in [2.24, 2.45) is 0 Å². The van der Waals surface area contributed by atoms with Gasteiger partial charge in [-0.2, -0.15) is 0 Å². The normalized spacial score (nSPS) is 16.9. The van der Waals surface area contributed by atoms with Crippen LogP contribution in [0, 0.1) is 13.8 Å². The fraction of sp³-hybridized carbons (Fsp3) is 0.600. The fourth-order valence-electron chi connectivity index (χ4n) is 2.05. The summed E-state index contributed by atoms with van der Waals surface area (Å²) in [6, 6.07) is 0. The lowest BCUT2D eigenvalue weighted by Gasteiger charge is -2.08. The molecule has 0 saturated carbocycles. The van der Waals surface area contributed by atoms with Crippen LogP contribution in [-0.4, -0.2) is 6.54 Å². The van der Waals surface area contributed by atoms with Crippen LogP contribution in [0.1, 0.15) is 27.8 Å². The fourth-order valence-corrected chi connectivity index (χ4v) is 3.15. The Morgan fingerprint density at radius 1 is 1.17 bits per heavy atom. The zero-order valence-corrected chi connectivity index (χ0v) is 8.85. The van der Waals surface area contributed by atoms with E-state index in [0.29, 0.717) is 0 Å². The number of hydrogen-bond acceptors (Lipinski definition) is 1.